The number of hydrogen-bond acceptors (Lipinski definition) is 4. The maximum absolute atomic E-state index is 14.3. The highest BCUT2D eigenvalue weighted by Gasteiger charge is 2.73. The summed E-state index contributed by atoms with van der Waals surface area (Å²) < 4.78 is 91.2. The van der Waals surface area contributed by atoms with Gasteiger partial charge in [0.2, 0.25) is 0 Å². The summed E-state index contributed by atoms with van der Waals surface area (Å²) in [5.41, 5.74) is -7.08. The van der Waals surface area contributed by atoms with Crippen molar-refractivity contribution < 1.29 is 31.1 Å². The molecule has 0 unspecified atom stereocenters. The lowest BCUT2D eigenvalue weighted by molar-refractivity contribution is -0.211. The second-order valence-corrected chi connectivity index (χ2v) is 11.0. The average Bonchev–Trinajstić information content (AvgIpc) is 2.68. The van der Waals surface area contributed by atoms with Crippen molar-refractivity contribution in [1.29, 1.82) is 5.26 Å². The van der Waals surface area contributed by atoms with Crippen LogP contribution in [0, 0.1) is 27.6 Å². The lowest BCUT2D eigenvalue weighted by atomic mass is 9.58. The second-order valence-electron chi connectivity index (χ2n) is 9.87. The fraction of sp³-hybridized carbons (Fsp3) is 0.857. The molecular formula is C21H28F6N2OS. The van der Waals surface area contributed by atoms with Crippen LogP contribution >= 0.6 is 11.8 Å². The minimum atomic E-state index is -5.37. The molecule has 0 amide bonds. The molecule has 10 heteroatoms. The Hall–Kier alpha value is -1.08. The van der Waals surface area contributed by atoms with Gasteiger partial charge in [0.15, 0.2) is 5.41 Å². The summed E-state index contributed by atoms with van der Waals surface area (Å²) in [7, 11) is 0. The Morgan fingerprint density at radius 1 is 1.10 bits per heavy atom. The SMILES string of the molecule is CCO[C@@H]1CC2=C(C(F)(F)F)[C@@](C#N)(C(F)(F)F)CSC3(N21)C(C)(C)CCCC3(C)C. The molecule has 0 radical (unpaired) electrons. The van der Waals surface area contributed by atoms with E-state index in [0.717, 1.165) is 24.3 Å². The zero-order chi connectivity index (χ0) is 23.7. The number of nitriles is 1. The van der Waals surface area contributed by atoms with Crippen LogP contribution in [0.1, 0.15) is 60.3 Å². The number of ether oxygens (including phenoxy) is 1. The van der Waals surface area contributed by atoms with Crippen LogP contribution in [-0.4, -0.2) is 40.7 Å². The molecule has 0 N–H and O–H groups in total. The molecule has 0 aromatic rings. The van der Waals surface area contributed by atoms with Crippen LogP contribution in [0.4, 0.5) is 26.3 Å². The van der Waals surface area contributed by atoms with Crippen LogP contribution in [-0.2, 0) is 4.74 Å². The summed E-state index contributed by atoms with van der Waals surface area (Å²) in [5.74, 6) is -1.01. The van der Waals surface area contributed by atoms with Crippen LogP contribution in [0.2, 0.25) is 0 Å². The molecule has 31 heavy (non-hydrogen) atoms. The summed E-state index contributed by atoms with van der Waals surface area (Å²) in [6.07, 6.45) is -9.60. The minimum absolute atomic E-state index is 0.222. The minimum Gasteiger partial charge on any atom is -0.358 e. The summed E-state index contributed by atoms with van der Waals surface area (Å²) in [5, 5.41) is 9.61. The van der Waals surface area contributed by atoms with Gasteiger partial charge in [0.1, 0.15) is 6.23 Å². The summed E-state index contributed by atoms with van der Waals surface area (Å²) in [6.45, 7) is 9.54. The molecule has 2 fully saturated rings. The van der Waals surface area contributed by atoms with E-state index in [9.17, 15) is 31.6 Å². The fourth-order valence-electron chi connectivity index (χ4n) is 6.01. The molecule has 0 aromatic carbocycles. The predicted octanol–water partition coefficient (Wildman–Crippen LogP) is 6.62. The van der Waals surface area contributed by atoms with Gasteiger partial charge in [-0.1, -0.05) is 34.1 Å². The maximum atomic E-state index is 14.3. The summed E-state index contributed by atoms with van der Waals surface area (Å²) in [6, 6.07) is 1.07. The number of nitrogens with zero attached hydrogens (tertiary/aromatic N) is 2. The zero-order valence-corrected chi connectivity index (χ0v) is 19.1. The number of thioether (sulfide) groups is 1. The topological polar surface area (TPSA) is 36.3 Å². The van der Waals surface area contributed by atoms with Crippen LogP contribution in [0.25, 0.3) is 0 Å². The molecule has 2 aliphatic heterocycles. The fourth-order valence-corrected chi connectivity index (χ4v) is 8.16. The number of allylic oxidation sites excluding steroid dienone is 1. The van der Waals surface area contributed by atoms with Crippen molar-refractivity contribution in [3.8, 4) is 6.07 Å². The van der Waals surface area contributed by atoms with E-state index in [0.29, 0.717) is 12.8 Å². The number of rotatable bonds is 2. The smallest absolute Gasteiger partial charge is 0.358 e. The number of halogens is 6. The van der Waals surface area contributed by atoms with Crippen LogP contribution < -0.4 is 0 Å². The first-order valence-electron chi connectivity index (χ1n) is 10.4. The van der Waals surface area contributed by atoms with Gasteiger partial charge in [-0.2, -0.15) is 31.6 Å². The Bertz CT molecular complexity index is 794. The van der Waals surface area contributed by atoms with E-state index >= 15 is 0 Å². The number of alkyl halides is 6. The van der Waals surface area contributed by atoms with E-state index in [1.54, 1.807) is 6.92 Å². The Morgan fingerprint density at radius 3 is 2.06 bits per heavy atom. The van der Waals surface area contributed by atoms with Gasteiger partial charge in [0, 0.05) is 24.5 Å². The third-order valence-corrected chi connectivity index (χ3v) is 9.55. The quantitative estimate of drug-likeness (QED) is 0.425. The molecule has 1 saturated carbocycles. The molecular weight excluding hydrogens is 442 g/mol. The van der Waals surface area contributed by atoms with Crippen molar-refractivity contribution in [3.05, 3.63) is 11.3 Å². The number of fused-ring (bicyclic) bond motifs is 2. The Balaban J connectivity index is 2.39. The normalized spacial score (nSPS) is 32.2. The largest absolute Gasteiger partial charge is 0.416 e. The first kappa shape index (κ1) is 24.6. The van der Waals surface area contributed by atoms with E-state index in [-0.39, 0.29) is 13.0 Å². The maximum Gasteiger partial charge on any atom is 0.416 e. The lowest BCUT2D eigenvalue weighted by Gasteiger charge is -2.68. The van der Waals surface area contributed by atoms with E-state index in [4.69, 9.17) is 4.74 Å². The Kier molecular flexibility index (Phi) is 5.71. The monoisotopic (exact) mass is 470 g/mol. The van der Waals surface area contributed by atoms with E-state index in [1.165, 1.54) is 4.90 Å². The van der Waals surface area contributed by atoms with Gasteiger partial charge in [-0.15, -0.1) is 11.8 Å². The highest BCUT2D eigenvalue weighted by Crippen LogP contribution is 2.70. The molecule has 3 nitrogen and oxygen atoms in total. The first-order valence-corrected chi connectivity index (χ1v) is 11.3. The van der Waals surface area contributed by atoms with E-state index < -0.39 is 56.7 Å². The Morgan fingerprint density at radius 2 is 1.65 bits per heavy atom. The molecule has 3 aliphatic rings. The standard InChI is InChI=1S/C21H28F6N2OS/c1-6-30-14-10-13-15(19(22,23)24)18(11-28,21(25,26)27)12-31-20(29(13)14)16(2,3)8-7-9-17(20,4)5/h14H,6-10,12H2,1-5H3/t14-,18+/m1/s1. The summed E-state index contributed by atoms with van der Waals surface area (Å²) >= 11 is 0.854. The van der Waals surface area contributed by atoms with Gasteiger partial charge < -0.3 is 9.64 Å². The van der Waals surface area contributed by atoms with Crippen LogP contribution in [0.3, 0.4) is 0 Å². The van der Waals surface area contributed by atoms with Crippen molar-refractivity contribution in [2.45, 2.75) is 83.8 Å². The molecule has 1 saturated heterocycles. The van der Waals surface area contributed by atoms with Crippen molar-refractivity contribution in [2.24, 2.45) is 16.2 Å². The van der Waals surface area contributed by atoms with Gasteiger partial charge >= 0.3 is 12.4 Å². The average molecular weight is 471 g/mol. The van der Waals surface area contributed by atoms with Crippen LogP contribution in [0.15, 0.2) is 11.3 Å². The van der Waals surface area contributed by atoms with Crippen molar-refractivity contribution in [1.82, 2.24) is 4.90 Å². The van der Waals surface area contributed by atoms with Gasteiger partial charge in [0.25, 0.3) is 0 Å². The third-order valence-electron chi connectivity index (χ3n) is 7.25. The van der Waals surface area contributed by atoms with Gasteiger partial charge in [-0.05, 0) is 30.6 Å². The highest BCUT2D eigenvalue weighted by molar-refractivity contribution is 8.00. The molecule has 0 aromatic heterocycles. The molecule has 1 spiro atoms. The van der Waals surface area contributed by atoms with Gasteiger partial charge in [0.05, 0.1) is 16.5 Å². The van der Waals surface area contributed by atoms with Crippen LogP contribution in [0.5, 0.6) is 0 Å². The zero-order valence-electron chi connectivity index (χ0n) is 18.3. The molecule has 176 valence electrons. The third kappa shape index (κ3) is 3.20. The molecule has 0 bridgehead atoms. The highest BCUT2D eigenvalue weighted by atomic mass is 32.2. The molecule has 1 aliphatic carbocycles. The number of hydrogen-bond donors (Lipinski definition) is 0. The molecule has 2 heterocycles. The second kappa shape index (κ2) is 7.21. The first-order chi connectivity index (χ1) is 14.0. The van der Waals surface area contributed by atoms with Crippen molar-refractivity contribution in [3.63, 3.8) is 0 Å². The van der Waals surface area contributed by atoms with E-state index in [1.807, 2.05) is 27.7 Å². The van der Waals surface area contributed by atoms with Gasteiger partial charge in [-0.3, -0.25) is 0 Å². The Labute approximate surface area is 183 Å². The van der Waals surface area contributed by atoms with Crippen molar-refractivity contribution >= 4 is 11.8 Å². The van der Waals surface area contributed by atoms with Gasteiger partial charge in [-0.25, -0.2) is 0 Å². The predicted molar refractivity (Wildman–Crippen MR) is 106 cm³/mol. The molecule has 2 atom stereocenters. The lowest BCUT2D eigenvalue weighted by Crippen LogP contribution is -2.71. The molecule has 3 rings (SSSR count). The summed E-state index contributed by atoms with van der Waals surface area (Å²) in [4.78, 5) is 0.375. The van der Waals surface area contributed by atoms with Crippen molar-refractivity contribution in [2.75, 3.05) is 12.4 Å². The van der Waals surface area contributed by atoms with E-state index in [2.05, 4.69) is 0 Å².